The molecule has 6 heteroatoms. The molecule has 5 nitrogen and oxygen atoms in total. The summed E-state index contributed by atoms with van der Waals surface area (Å²) in [5, 5.41) is 4.08. The zero-order valence-electron chi connectivity index (χ0n) is 15.5. The van der Waals surface area contributed by atoms with Gasteiger partial charge in [-0.2, -0.15) is 0 Å². The summed E-state index contributed by atoms with van der Waals surface area (Å²) in [6, 6.07) is 14.2. The number of hydrogen-bond donors (Lipinski definition) is 1. The summed E-state index contributed by atoms with van der Waals surface area (Å²) in [5.41, 5.74) is 3.29. The van der Waals surface area contributed by atoms with E-state index in [0.29, 0.717) is 0 Å². The third-order valence-electron chi connectivity index (χ3n) is 4.60. The molecule has 3 rings (SSSR count). The lowest BCUT2D eigenvalue weighted by atomic mass is 10.2. The number of nitrogens with one attached hydrogen (secondary N) is 1. The first-order valence-electron chi connectivity index (χ1n) is 8.70. The van der Waals surface area contributed by atoms with Crippen molar-refractivity contribution in [2.24, 2.45) is 0 Å². The SMILES string of the molecule is COc1ccc(N2CCN(C(=S)Nc3cc(C)ccc3OC)CC2)cc1. The maximum Gasteiger partial charge on any atom is 0.173 e. The monoisotopic (exact) mass is 371 g/mol. The smallest absolute Gasteiger partial charge is 0.173 e. The predicted octanol–water partition coefficient (Wildman–Crippen LogP) is 3.53. The van der Waals surface area contributed by atoms with Crippen molar-refractivity contribution in [1.82, 2.24) is 4.90 Å². The van der Waals surface area contributed by atoms with Crippen molar-refractivity contribution in [3.8, 4) is 11.5 Å². The van der Waals surface area contributed by atoms with E-state index in [1.807, 2.05) is 24.3 Å². The Morgan fingerprint density at radius 1 is 0.962 bits per heavy atom. The Morgan fingerprint density at radius 3 is 2.27 bits per heavy atom. The van der Waals surface area contributed by atoms with E-state index in [-0.39, 0.29) is 0 Å². The normalized spacial score (nSPS) is 14.1. The number of anilines is 2. The topological polar surface area (TPSA) is 37.0 Å². The Labute approximate surface area is 160 Å². The summed E-state index contributed by atoms with van der Waals surface area (Å²) in [6.07, 6.45) is 0. The fraction of sp³-hybridized carbons (Fsp3) is 0.350. The average molecular weight is 372 g/mol. The van der Waals surface area contributed by atoms with Crippen LogP contribution in [0.4, 0.5) is 11.4 Å². The predicted molar refractivity (Wildman–Crippen MR) is 111 cm³/mol. The van der Waals surface area contributed by atoms with Crippen molar-refractivity contribution < 1.29 is 9.47 Å². The van der Waals surface area contributed by atoms with Crippen molar-refractivity contribution in [3.63, 3.8) is 0 Å². The van der Waals surface area contributed by atoms with Gasteiger partial charge in [-0.15, -0.1) is 0 Å². The molecule has 0 atom stereocenters. The summed E-state index contributed by atoms with van der Waals surface area (Å²) in [4.78, 5) is 4.57. The van der Waals surface area contributed by atoms with Crippen LogP contribution in [0.3, 0.4) is 0 Å². The van der Waals surface area contributed by atoms with E-state index in [1.165, 1.54) is 11.3 Å². The van der Waals surface area contributed by atoms with Crippen LogP contribution in [0, 0.1) is 6.92 Å². The minimum absolute atomic E-state index is 0.739. The molecule has 1 heterocycles. The number of nitrogens with zero attached hydrogens (tertiary/aromatic N) is 2. The van der Waals surface area contributed by atoms with E-state index >= 15 is 0 Å². The lowest BCUT2D eigenvalue weighted by molar-refractivity contribution is 0.389. The van der Waals surface area contributed by atoms with Gasteiger partial charge in [-0.05, 0) is 61.1 Å². The fourth-order valence-corrected chi connectivity index (χ4v) is 3.37. The zero-order valence-corrected chi connectivity index (χ0v) is 16.3. The van der Waals surface area contributed by atoms with Crippen LogP contribution in [0.5, 0.6) is 11.5 Å². The molecule has 2 aromatic carbocycles. The van der Waals surface area contributed by atoms with Crippen LogP contribution >= 0.6 is 12.2 Å². The Balaban J connectivity index is 1.59. The molecule has 0 bridgehead atoms. The highest BCUT2D eigenvalue weighted by Crippen LogP contribution is 2.26. The molecule has 0 spiro atoms. The summed E-state index contributed by atoms with van der Waals surface area (Å²) in [6.45, 7) is 5.68. The Kier molecular flexibility index (Phi) is 5.83. The maximum atomic E-state index is 5.62. The largest absolute Gasteiger partial charge is 0.497 e. The number of aryl methyl sites for hydroxylation is 1. The van der Waals surface area contributed by atoms with Crippen molar-refractivity contribution in [2.45, 2.75) is 6.92 Å². The van der Waals surface area contributed by atoms with E-state index in [9.17, 15) is 0 Å². The van der Waals surface area contributed by atoms with Gasteiger partial charge in [0.05, 0.1) is 19.9 Å². The second-order valence-corrected chi connectivity index (χ2v) is 6.69. The molecule has 0 aromatic heterocycles. The van der Waals surface area contributed by atoms with E-state index in [1.54, 1.807) is 14.2 Å². The van der Waals surface area contributed by atoms with E-state index in [0.717, 1.165) is 48.5 Å². The van der Waals surface area contributed by atoms with Crippen LogP contribution in [0.2, 0.25) is 0 Å². The number of benzene rings is 2. The lowest BCUT2D eigenvalue weighted by Crippen LogP contribution is -2.50. The van der Waals surface area contributed by atoms with Gasteiger partial charge in [0.15, 0.2) is 5.11 Å². The number of rotatable bonds is 4. The molecule has 0 saturated carbocycles. The quantitative estimate of drug-likeness (QED) is 0.829. The van der Waals surface area contributed by atoms with Crippen molar-refractivity contribution >= 4 is 28.7 Å². The van der Waals surface area contributed by atoms with Crippen LogP contribution in [0.1, 0.15) is 5.56 Å². The third kappa shape index (κ3) is 4.19. The molecule has 26 heavy (non-hydrogen) atoms. The van der Waals surface area contributed by atoms with E-state index in [2.05, 4.69) is 40.2 Å². The van der Waals surface area contributed by atoms with E-state index in [4.69, 9.17) is 21.7 Å². The van der Waals surface area contributed by atoms with Gasteiger partial charge in [-0.3, -0.25) is 0 Å². The molecular formula is C20H25N3O2S. The molecule has 0 aliphatic carbocycles. The molecule has 2 aromatic rings. The van der Waals surface area contributed by atoms with Crippen LogP contribution in [0.15, 0.2) is 42.5 Å². The van der Waals surface area contributed by atoms with Gasteiger partial charge in [0.1, 0.15) is 11.5 Å². The molecular weight excluding hydrogens is 346 g/mol. The third-order valence-corrected chi connectivity index (χ3v) is 4.96. The minimum Gasteiger partial charge on any atom is -0.497 e. The van der Waals surface area contributed by atoms with Crippen molar-refractivity contribution in [3.05, 3.63) is 48.0 Å². The first-order chi connectivity index (χ1) is 12.6. The van der Waals surface area contributed by atoms with Gasteiger partial charge in [0.2, 0.25) is 0 Å². The first-order valence-corrected chi connectivity index (χ1v) is 9.11. The summed E-state index contributed by atoms with van der Waals surface area (Å²) in [5.74, 6) is 1.68. The molecule has 138 valence electrons. The number of piperazine rings is 1. The highest BCUT2D eigenvalue weighted by atomic mass is 32.1. The number of thiocarbonyl (C=S) groups is 1. The summed E-state index contributed by atoms with van der Waals surface area (Å²) < 4.78 is 10.6. The Hall–Kier alpha value is -2.47. The Bertz CT molecular complexity index is 756. The van der Waals surface area contributed by atoms with Crippen LogP contribution in [-0.2, 0) is 0 Å². The van der Waals surface area contributed by atoms with Gasteiger partial charge in [-0.1, -0.05) is 6.07 Å². The number of methoxy groups -OCH3 is 2. The Morgan fingerprint density at radius 2 is 1.65 bits per heavy atom. The van der Waals surface area contributed by atoms with E-state index < -0.39 is 0 Å². The highest BCUT2D eigenvalue weighted by molar-refractivity contribution is 7.80. The fourth-order valence-electron chi connectivity index (χ4n) is 3.07. The molecule has 0 unspecified atom stereocenters. The molecule has 1 saturated heterocycles. The van der Waals surface area contributed by atoms with Crippen LogP contribution in [-0.4, -0.2) is 50.4 Å². The van der Waals surface area contributed by atoms with Crippen LogP contribution in [0.25, 0.3) is 0 Å². The molecule has 1 aliphatic rings. The molecule has 0 amide bonds. The number of hydrogen-bond acceptors (Lipinski definition) is 4. The summed E-state index contributed by atoms with van der Waals surface area (Å²) in [7, 11) is 3.36. The lowest BCUT2D eigenvalue weighted by Gasteiger charge is -2.37. The molecule has 1 fully saturated rings. The number of ether oxygens (including phenoxy) is 2. The second-order valence-electron chi connectivity index (χ2n) is 6.31. The van der Waals surface area contributed by atoms with Gasteiger partial charge in [-0.25, -0.2) is 0 Å². The molecule has 0 radical (unpaired) electrons. The standard InChI is InChI=1S/C20H25N3O2S/c1-15-4-9-19(25-3)18(14-15)21-20(26)23-12-10-22(11-13-23)16-5-7-17(24-2)8-6-16/h4-9,14H,10-13H2,1-3H3,(H,21,26). The minimum atomic E-state index is 0.739. The average Bonchev–Trinajstić information content (AvgIpc) is 2.68. The highest BCUT2D eigenvalue weighted by Gasteiger charge is 2.20. The first kappa shape index (κ1) is 18.3. The van der Waals surface area contributed by atoms with Crippen molar-refractivity contribution in [2.75, 3.05) is 50.6 Å². The van der Waals surface area contributed by atoms with Crippen LogP contribution < -0.4 is 19.7 Å². The van der Waals surface area contributed by atoms with Gasteiger partial charge in [0.25, 0.3) is 0 Å². The maximum absolute atomic E-state index is 5.62. The summed E-state index contributed by atoms with van der Waals surface area (Å²) >= 11 is 5.62. The van der Waals surface area contributed by atoms with Gasteiger partial charge in [0, 0.05) is 31.9 Å². The van der Waals surface area contributed by atoms with Crippen molar-refractivity contribution in [1.29, 1.82) is 0 Å². The zero-order chi connectivity index (χ0) is 18.5. The van der Waals surface area contributed by atoms with Gasteiger partial charge >= 0.3 is 0 Å². The second kappa shape index (κ2) is 8.27. The molecule has 1 aliphatic heterocycles. The van der Waals surface area contributed by atoms with Gasteiger partial charge < -0.3 is 24.6 Å². The molecule has 1 N–H and O–H groups in total.